The molecule has 2 N–H and O–H groups in total. The predicted octanol–water partition coefficient (Wildman–Crippen LogP) is 3.37. The number of aliphatic imine (C=N–C) groups is 1. The van der Waals surface area contributed by atoms with Gasteiger partial charge >= 0.3 is 0 Å². The van der Waals surface area contributed by atoms with Crippen molar-refractivity contribution in [3.63, 3.8) is 0 Å². The fourth-order valence-corrected chi connectivity index (χ4v) is 2.81. The van der Waals surface area contributed by atoms with Gasteiger partial charge in [-0.3, -0.25) is 4.99 Å². The molecular weight excluding hydrogens is 354 g/mol. The second-order valence-corrected chi connectivity index (χ2v) is 7.36. The van der Waals surface area contributed by atoms with Gasteiger partial charge in [-0.05, 0) is 31.4 Å². The molecule has 7 heteroatoms. The van der Waals surface area contributed by atoms with E-state index in [1.807, 2.05) is 13.8 Å². The number of aromatic nitrogens is 2. The third-order valence-electron chi connectivity index (χ3n) is 4.74. The van der Waals surface area contributed by atoms with Gasteiger partial charge in [-0.1, -0.05) is 50.2 Å². The van der Waals surface area contributed by atoms with E-state index in [0.717, 1.165) is 13.0 Å². The van der Waals surface area contributed by atoms with Gasteiger partial charge in [-0.25, -0.2) is 0 Å². The van der Waals surface area contributed by atoms with Gasteiger partial charge in [0.05, 0.1) is 6.54 Å². The molecule has 1 aromatic carbocycles. The Kier molecular flexibility index (Phi) is 7.99. The number of guanidine groups is 1. The maximum atomic E-state index is 5.48. The zero-order chi connectivity index (χ0) is 20.6. The van der Waals surface area contributed by atoms with Crippen LogP contribution < -0.4 is 10.6 Å². The molecule has 2 aromatic rings. The fourth-order valence-electron chi connectivity index (χ4n) is 2.81. The summed E-state index contributed by atoms with van der Waals surface area (Å²) in [6.45, 7) is 12.2. The lowest BCUT2D eigenvalue weighted by molar-refractivity contribution is 0.0683. The molecule has 7 nitrogen and oxygen atoms in total. The van der Waals surface area contributed by atoms with Gasteiger partial charge in [0.15, 0.2) is 11.8 Å². The number of nitrogens with zero attached hydrogens (tertiary/aromatic N) is 3. The lowest BCUT2D eigenvalue weighted by Crippen LogP contribution is -2.43. The molecule has 0 amide bonds. The van der Waals surface area contributed by atoms with Gasteiger partial charge in [-0.2, -0.15) is 4.98 Å². The Labute approximate surface area is 168 Å². The Bertz CT molecular complexity index is 752. The van der Waals surface area contributed by atoms with Gasteiger partial charge < -0.3 is 19.9 Å². The van der Waals surface area contributed by atoms with Crippen molar-refractivity contribution in [3.8, 4) is 0 Å². The zero-order valence-corrected chi connectivity index (χ0v) is 17.9. The van der Waals surface area contributed by atoms with Crippen molar-refractivity contribution in [3.05, 3.63) is 47.1 Å². The lowest BCUT2D eigenvalue weighted by atomic mass is 9.84. The van der Waals surface area contributed by atoms with Crippen molar-refractivity contribution in [2.24, 2.45) is 4.99 Å². The van der Waals surface area contributed by atoms with E-state index in [1.54, 1.807) is 7.05 Å². The highest BCUT2D eigenvalue weighted by atomic mass is 16.5. The molecule has 0 spiro atoms. The average Bonchev–Trinajstić information content (AvgIpc) is 3.17. The third kappa shape index (κ3) is 6.05. The van der Waals surface area contributed by atoms with E-state index in [9.17, 15) is 0 Å². The maximum absolute atomic E-state index is 5.48. The smallest absolute Gasteiger partial charge is 0.246 e. The summed E-state index contributed by atoms with van der Waals surface area (Å²) in [6.07, 6.45) is 0.871. The molecule has 0 aliphatic carbocycles. The first-order valence-electron chi connectivity index (χ1n) is 9.87. The van der Waals surface area contributed by atoms with Crippen LogP contribution in [0.1, 0.15) is 63.6 Å². The molecule has 1 aromatic heterocycles. The monoisotopic (exact) mass is 387 g/mol. The summed E-state index contributed by atoms with van der Waals surface area (Å²) in [5.41, 5.74) is 2.61. The van der Waals surface area contributed by atoms with Crippen molar-refractivity contribution >= 4 is 5.96 Å². The Morgan fingerprint density at radius 1 is 1.21 bits per heavy atom. The van der Waals surface area contributed by atoms with Crippen LogP contribution in [0.2, 0.25) is 0 Å². The van der Waals surface area contributed by atoms with Gasteiger partial charge in [-0.15, -0.1) is 0 Å². The number of benzene rings is 1. The number of rotatable bonds is 9. The van der Waals surface area contributed by atoms with Crippen LogP contribution in [-0.2, 0) is 23.1 Å². The third-order valence-corrected chi connectivity index (χ3v) is 4.74. The molecule has 0 fully saturated rings. The summed E-state index contributed by atoms with van der Waals surface area (Å²) in [4.78, 5) is 8.64. The zero-order valence-electron chi connectivity index (χ0n) is 17.9. The molecule has 0 radical (unpaired) electrons. The van der Waals surface area contributed by atoms with Crippen molar-refractivity contribution in [2.75, 3.05) is 20.2 Å². The molecule has 0 saturated carbocycles. The van der Waals surface area contributed by atoms with E-state index in [0.29, 0.717) is 30.8 Å². The lowest BCUT2D eigenvalue weighted by Gasteiger charge is -2.27. The first kappa shape index (κ1) is 21.9. The molecule has 0 aliphatic rings. The van der Waals surface area contributed by atoms with E-state index in [2.05, 4.69) is 70.8 Å². The molecule has 1 atom stereocenters. The van der Waals surface area contributed by atoms with Crippen LogP contribution in [0.15, 0.2) is 33.8 Å². The average molecular weight is 388 g/mol. The van der Waals surface area contributed by atoms with Crippen molar-refractivity contribution in [1.29, 1.82) is 0 Å². The normalized spacial score (nSPS) is 13.4. The Morgan fingerprint density at radius 3 is 2.54 bits per heavy atom. The topological polar surface area (TPSA) is 84.6 Å². The number of nitrogens with one attached hydrogen (secondary N) is 2. The van der Waals surface area contributed by atoms with Crippen molar-refractivity contribution in [2.45, 2.75) is 59.1 Å². The molecule has 0 saturated heterocycles. The highest BCUT2D eigenvalue weighted by molar-refractivity contribution is 5.79. The van der Waals surface area contributed by atoms with Gasteiger partial charge in [0.25, 0.3) is 0 Å². The summed E-state index contributed by atoms with van der Waals surface area (Å²) in [6, 6.07) is 8.80. The Morgan fingerprint density at radius 2 is 1.93 bits per heavy atom. The predicted molar refractivity (Wildman–Crippen MR) is 111 cm³/mol. The van der Waals surface area contributed by atoms with Crippen LogP contribution in [0.25, 0.3) is 0 Å². The number of hydrogen-bond donors (Lipinski definition) is 2. The minimum atomic E-state index is -0.181. The van der Waals surface area contributed by atoms with Gasteiger partial charge in [0.1, 0.15) is 6.10 Å². The van der Waals surface area contributed by atoms with Crippen LogP contribution >= 0.6 is 0 Å². The summed E-state index contributed by atoms with van der Waals surface area (Å²) in [5, 5.41) is 10.6. The van der Waals surface area contributed by atoms with Crippen LogP contribution in [0.4, 0.5) is 0 Å². The number of ether oxygens (including phenoxy) is 1. The van der Waals surface area contributed by atoms with Crippen LogP contribution in [-0.4, -0.2) is 36.3 Å². The number of aryl methyl sites for hydroxylation is 1. The van der Waals surface area contributed by atoms with Crippen molar-refractivity contribution in [1.82, 2.24) is 20.8 Å². The van der Waals surface area contributed by atoms with Crippen LogP contribution in [0.3, 0.4) is 0 Å². The van der Waals surface area contributed by atoms with Crippen LogP contribution in [0.5, 0.6) is 0 Å². The highest BCUT2D eigenvalue weighted by Gasteiger charge is 2.21. The molecular formula is C21H33N5O2. The second-order valence-electron chi connectivity index (χ2n) is 7.36. The Balaban J connectivity index is 1.88. The SMILES string of the molecule is CCOC(C)c1noc(CNC(=NC)NCC(C)(C)c2ccc(CC)cc2)n1. The van der Waals surface area contributed by atoms with E-state index in [-0.39, 0.29) is 11.5 Å². The first-order chi connectivity index (χ1) is 13.4. The fraction of sp³-hybridized carbons (Fsp3) is 0.571. The van der Waals surface area contributed by atoms with Gasteiger partial charge in [0, 0.05) is 25.6 Å². The first-order valence-corrected chi connectivity index (χ1v) is 9.87. The molecule has 28 heavy (non-hydrogen) atoms. The quantitative estimate of drug-likeness (QED) is 0.507. The van der Waals surface area contributed by atoms with E-state index in [1.165, 1.54) is 11.1 Å². The van der Waals surface area contributed by atoms with E-state index >= 15 is 0 Å². The van der Waals surface area contributed by atoms with Crippen LogP contribution in [0, 0.1) is 0 Å². The van der Waals surface area contributed by atoms with Crippen molar-refractivity contribution < 1.29 is 9.26 Å². The number of hydrogen-bond acceptors (Lipinski definition) is 5. The highest BCUT2D eigenvalue weighted by Crippen LogP contribution is 2.22. The molecule has 0 bridgehead atoms. The van der Waals surface area contributed by atoms with E-state index in [4.69, 9.17) is 9.26 Å². The minimum Gasteiger partial charge on any atom is -0.371 e. The maximum Gasteiger partial charge on any atom is 0.246 e. The molecule has 1 heterocycles. The summed E-state index contributed by atoms with van der Waals surface area (Å²) >= 11 is 0. The summed E-state index contributed by atoms with van der Waals surface area (Å²) < 4.78 is 10.8. The summed E-state index contributed by atoms with van der Waals surface area (Å²) in [7, 11) is 1.74. The van der Waals surface area contributed by atoms with Gasteiger partial charge in [0.2, 0.25) is 5.89 Å². The summed E-state index contributed by atoms with van der Waals surface area (Å²) in [5.74, 6) is 1.74. The molecule has 154 valence electrons. The Hall–Kier alpha value is -2.41. The van der Waals surface area contributed by atoms with E-state index < -0.39 is 0 Å². The second kappa shape index (κ2) is 10.2. The molecule has 2 rings (SSSR count). The molecule has 0 aliphatic heterocycles. The molecule has 1 unspecified atom stereocenters. The standard InChI is InChI=1S/C21H33N5O2/c1-7-16-9-11-17(12-10-16)21(4,5)14-24-20(22-6)23-13-18-25-19(26-28-18)15(3)27-8-2/h9-12,15H,7-8,13-14H2,1-6H3,(H2,22,23,24). The largest absolute Gasteiger partial charge is 0.371 e. The minimum absolute atomic E-state index is 0.0333.